The molecule has 2 amide bonds. The molecule has 3 aromatic rings. The van der Waals surface area contributed by atoms with E-state index in [-0.39, 0.29) is 53.5 Å². The molecule has 2 aliphatic rings. The van der Waals surface area contributed by atoms with Crippen LogP contribution in [0.3, 0.4) is 0 Å². The van der Waals surface area contributed by atoms with Gasteiger partial charge in [-0.2, -0.15) is 13.2 Å². The van der Waals surface area contributed by atoms with E-state index >= 15 is 0 Å². The molecule has 0 saturated heterocycles. The Kier molecular flexibility index (Phi) is 13.0. The number of rotatable bonds is 14. The number of amides is 2. The number of benzene rings is 3. The topological polar surface area (TPSA) is 81.7 Å². The van der Waals surface area contributed by atoms with E-state index in [0.717, 1.165) is 49.9 Å². The first-order valence-electron chi connectivity index (χ1n) is 16.7. The highest BCUT2D eigenvalue weighted by molar-refractivity contribution is 6.31. The van der Waals surface area contributed by atoms with Crippen LogP contribution in [0, 0.1) is 11.6 Å². The monoisotopic (exact) mass is 741 g/mol. The number of aliphatic hydroxyl groups is 1. The van der Waals surface area contributed by atoms with Crippen LogP contribution < -0.4 is 10.6 Å². The summed E-state index contributed by atoms with van der Waals surface area (Å²) in [7, 11) is 0. The largest absolute Gasteiger partial charge is 0.416 e. The predicted molar refractivity (Wildman–Crippen MR) is 185 cm³/mol. The number of carbonyl (C=O) groups excluding carboxylic acids is 2. The molecule has 2 atom stereocenters. The highest BCUT2D eigenvalue weighted by atomic mass is 35.5. The zero-order valence-corrected chi connectivity index (χ0v) is 29.5. The molecule has 6 nitrogen and oxygen atoms in total. The van der Waals surface area contributed by atoms with Gasteiger partial charge in [-0.25, -0.2) is 8.78 Å². The molecule has 0 bridgehead atoms. The molecule has 5 rings (SSSR count). The summed E-state index contributed by atoms with van der Waals surface area (Å²) in [5, 5.41) is 17.6. The molecule has 0 unspecified atom stereocenters. The van der Waals surface area contributed by atoms with Crippen LogP contribution in [0.25, 0.3) is 0 Å². The lowest BCUT2D eigenvalue weighted by molar-refractivity contribution is -0.137. The van der Waals surface area contributed by atoms with E-state index in [1.165, 1.54) is 12.1 Å². The van der Waals surface area contributed by atoms with Crippen LogP contribution in [-0.2, 0) is 24.6 Å². The second-order valence-corrected chi connectivity index (χ2v) is 13.6. The zero-order valence-electron chi connectivity index (χ0n) is 27.9. The summed E-state index contributed by atoms with van der Waals surface area (Å²) in [4.78, 5) is 29.5. The Morgan fingerprint density at radius 2 is 1.68 bits per heavy atom. The van der Waals surface area contributed by atoms with Crippen LogP contribution in [0.1, 0.15) is 95.3 Å². The summed E-state index contributed by atoms with van der Waals surface area (Å²) in [6.07, 6.45) is -0.990. The highest BCUT2D eigenvalue weighted by Crippen LogP contribution is 2.46. The molecule has 1 aliphatic carbocycles. The first kappa shape index (κ1) is 39.5. The first-order valence-corrected chi connectivity index (χ1v) is 17.1. The number of hydrogen-bond donors (Lipinski definition) is 3. The van der Waals surface area contributed by atoms with Gasteiger partial charge in [0.05, 0.1) is 17.7 Å². The van der Waals surface area contributed by atoms with Gasteiger partial charge in [-0.05, 0) is 91.6 Å². The van der Waals surface area contributed by atoms with Crippen molar-refractivity contribution >= 4 is 35.8 Å². The van der Waals surface area contributed by atoms with Crippen LogP contribution in [0.4, 0.5) is 22.0 Å². The predicted octanol–water partition coefficient (Wildman–Crippen LogP) is 8.01. The van der Waals surface area contributed by atoms with Gasteiger partial charge >= 0.3 is 6.18 Å². The molecular weight excluding hydrogens is 700 g/mol. The molecule has 0 spiro atoms. The van der Waals surface area contributed by atoms with Gasteiger partial charge in [-0.3, -0.25) is 9.59 Å². The lowest BCUT2D eigenvalue weighted by Gasteiger charge is -2.36. The molecule has 13 heteroatoms. The second kappa shape index (κ2) is 16.4. The Labute approximate surface area is 300 Å². The fraction of sp³-hybridized carbons (Fsp3) is 0.459. The average molecular weight is 743 g/mol. The molecule has 3 N–H and O–H groups in total. The normalized spacial score (nSPS) is 16.4. The highest BCUT2D eigenvalue weighted by Gasteiger charge is 2.45. The van der Waals surface area contributed by atoms with Gasteiger partial charge in [0.25, 0.3) is 11.8 Å². The van der Waals surface area contributed by atoms with Crippen molar-refractivity contribution in [1.29, 1.82) is 0 Å². The lowest BCUT2D eigenvalue weighted by atomic mass is 9.91. The number of alkyl halides is 3. The summed E-state index contributed by atoms with van der Waals surface area (Å²) in [6, 6.07) is 9.93. The molecule has 1 aliphatic heterocycles. The quantitative estimate of drug-likeness (QED) is 0.146. The van der Waals surface area contributed by atoms with Crippen LogP contribution in [-0.4, -0.2) is 53.1 Å². The summed E-state index contributed by atoms with van der Waals surface area (Å²) in [6.45, 7) is 4.42. The third kappa shape index (κ3) is 9.15. The van der Waals surface area contributed by atoms with Crippen molar-refractivity contribution in [3.63, 3.8) is 0 Å². The van der Waals surface area contributed by atoms with Crippen LogP contribution in [0.15, 0.2) is 54.6 Å². The minimum Gasteiger partial charge on any atom is -0.390 e. The smallest absolute Gasteiger partial charge is 0.390 e. The lowest BCUT2D eigenvalue weighted by Crippen LogP contribution is -2.50. The number of nitrogens with zero attached hydrogens (tertiary/aromatic N) is 1. The van der Waals surface area contributed by atoms with Crippen molar-refractivity contribution in [2.45, 2.75) is 95.1 Å². The molecule has 1 fully saturated rings. The van der Waals surface area contributed by atoms with Gasteiger partial charge in [0.1, 0.15) is 11.6 Å². The van der Waals surface area contributed by atoms with Crippen molar-refractivity contribution in [3.05, 3.63) is 105 Å². The van der Waals surface area contributed by atoms with Gasteiger partial charge in [0.2, 0.25) is 0 Å². The molecular formula is C37H42Cl2F5N3O3. The minimum absolute atomic E-state index is 0. The van der Waals surface area contributed by atoms with Crippen molar-refractivity contribution in [2.75, 3.05) is 13.1 Å². The number of aliphatic hydroxyl groups excluding tert-OH is 1. The van der Waals surface area contributed by atoms with E-state index in [9.17, 15) is 36.6 Å². The van der Waals surface area contributed by atoms with E-state index in [1.807, 2.05) is 4.90 Å². The van der Waals surface area contributed by atoms with Crippen LogP contribution in [0.2, 0.25) is 5.02 Å². The number of halogens is 7. The van der Waals surface area contributed by atoms with Crippen molar-refractivity contribution < 1.29 is 36.6 Å². The maximum Gasteiger partial charge on any atom is 0.416 e. The Hall–Kier alpha value is -3.25. The molecule has 272 valence electrons. The van der Waals surface area contributed by atoms with Crippen LogP contribution >= 0.6 is 24.0 Å². The van der Waals surface area contributed by atoms with E-state index in [4.69, 9.17) is 11.6 Å². The minimum atomic E-state index is -4.52. The molecule has 1 saturated carbocycles. The maximum atomic E-state index is 14.1. The van der Waals surface area contributed by atoms with E-state index < -0.39 is 47.0 Å². The van der Waals surface area contributed by atoms with E-state index in [0.29, 0.717) is 48.6 Å². The molecule has 3 aromatic carbocycles. The van der Waals surface area contributed by atoms with Crippen LogP contribution in [0.5, 0.6) is 0 Å². The molecule has 0 aromatic heterocycles. The molecule has 0 radical (unpaired) electrons. The van der Waals surface area contributed by atoms with Crippen molar-refractivity contribution in [1.82, 2.24) is 15.5 Å². The maximum absolute atomic E-state index is 14.1. The van der Waals surface area contributed by atoms with Crippen molar-refractivity contribution in [3.8, 4) is 0 Å². The third-order valence-corrected chi connectivity index (χ3v) is 9.76. The number of hydrogen-bond acceptors (Lipinski definition) is 4. The van der Waals surface area contributed by atoms with E-state index in [1.54, 1.807) is 12.1 Å². The average Bonchev–Trinajstić information content (AvgIpc) is 3.84. The Balaban J connectivity index is 0.00000562. The van der Waals surface area contributed by atoms with E-state index in [2.05, 4.69) is 24.5 Å². The number of nitrogens with one attached hydrogen (secondary N) is 2. The molecule has 50 heavy (non-hydrogen) atoms. The Bertz CT molecular complexity index is 1660. The summed E-state index contributed by atoms with van der Waals surface area (Å²) < 4.78 is 68.5. The number of carbonyl (C=O) groups is 2. The Morgan fingerprint density at radius 3 is 2.28 bits per heavy atom. The fourth-order valence-corrected chi connectivity index (χ4v) is 7.12. The second-order valence-electron chi connectivity index (χ2n) is 13.1. The van der Waals surface area contributed by atoms with Gasteiger partial charge in [-0.15, -0.1) is 12.4 Å². The zero-order chi connectivity index (χ0) is 35.5. The summed E-state index contributed by atoms with van der Waals surface area (Å²) in [5.74, 6) is -2.49. The van der Waals surface area contributed by atoms with Gasteiger partial charge in [0, 0.05) is 46.9 Å². The SMILES string of the molecule is CCCC(CCC)N1CCc2c(C(=O)N[C@@H](Cc3cc(F)cc(F)c3)[C@@H](O)CNC3(c4cccc(C(F)(F)F)c4)CC3)cc(Cl)cc2C1=O.Cl. The first-order chi connectivity index (χ1) is 23.2. The van der Waals surface area contributed by atoms with Gasteiger partial charge < -0.3 is 20.6 Å². The fourth-order valence-electron chi connectivity index (χ4n) is 6.90. The molecule has 1 heterocycles. The summed E-state index contributed by atoms with van der Waals surface area (Å²) in [5.41, 5.74) is 0.0478. The van der Waals surface area contributed by atoms with Gasteiger partial charge in [-0.1, -0.05) is 50.4 Å². The third-order valence-electron chi connectivity index (χ3n) is 9.54. The Morgan fingerprint density at radius 1 is 1.02 bits per heavy atom. The van der Waals surface area contributed by atoms with Crippen molar-refractivity contribution in [2.24, 2.45) is 0 Å². The standard InChI is InChI=1S/C37H41ClF5N3O3.ClH/c1-3-6-28(7-4-2)46-13-10-29-30(18-25(38)19-31(29)35(46)49)34(48)45-32(16-22-14-26(39)20-27(40)15-22)33(47)21-44-36(11-12-36)23-8-5-9-24(17-23)37(41,42)43;/h5,8-9,14-15,17-20,28,32-33,44,47H,3-4,6-7,10-13,16,21H2,1-2H3,(H,45,48);1H/t32-,33-;/m0./s1. The summed E-state index contributed by atoms with van der Waals surface area (Å²) >= 11 is 6.44. The number of fused-ring (bicyclic) bond motifs is 1. The van der Waals surface area contributed by atoms with Gasteiger partial charge in [0.15, 0.2) is 0 Å².